The Balaban J connectivity index is 2.30. The number of esters is 1. The lowest BCUT2D eigenvalue weighted by atomic mass is 10.2. The van der Waals surface area contributed by atoms with Gasteiger partial charge in [-0.3, -0.25) is 0 Å². The summed E-state index contributed by atoms with van der Waals surface area (Å²) < 4.78 is 19.1. The SMILES string of the molecule is COC(=O)/C(=C\Nc1cc(F)ccc1C)n1cncn1. The molecule has 0 unspecified atom stereocenters. The number of benzene rings is 1. The van der Waals surface area contributed by atoms with Gasteiger partial charge in [0.2, 0.25) is 0 Å². The zero-order valence-corrected chi connectivity index (χ0v) is 11.0. The van der Waals surface area contributed by atoms with Gasteiger partial charge in [0.25, 0.3) is 0 Å². The summed E-state index contributed by atoms with van der Waals surface area (Å²) in [7, 11) is 1.26. The highest BCUT2D eigenvalue weighted by molar-refractivity contribution is 6.09. The van der Waals surface area contributed by atoms with Gasteiger partial charge in [-0.15, -0.1) is 0 Å². The Labute approximate surface area is 114 Å². The predicted octanol–water partition coefficient (Wildman–Crippen LogP) is 1.81. The average molecular weight is 276 g/mol. The third kappa shape index (κ3) is 3.00. The van der Waals surface area contributed by atoms with Crippen molar-refractivity contribution >= 4 is 17.4 Å². The van der Waals surface area contributed by atoms with E-state index in [1.807, 2.05) is 6.92 Å². The van der Waals surface area contributed by atoms with Crippen molar-refractivity contribution in [3.63, 3.8) is 0 Å². The van der Waals surface area contributed by atoms with E-state index in [1.165, 1.54) is 42.8 Å². The van der Waals surface area contributed by atoms with Crippen LogP contribution < -0.4 is 5.32 Å². The third-order valence-corrected chi connectivity index (χ3v) is 2.62. The molecule has 0 fully saturated rings. The Hall–Kier alpha value is -2.70. The molecule has 0 aliphatic rings. The van der Waals surface area contributed by atoms with Gasteiger partial charge in [-0.1, -0.05) is 6.07 Å². The largest absolute Gasteiger partial charge is 0.464 e. The molecule has 0 spiro atoms. The van der Waals surface area contributed by atoms with Crippen LogP contribution in [0.15, 0.2) is 37.1 Å². The van der Waals surface area contributed by atoms with E-state index in [-0.39, 0.29) is 11.5 Å². The van der Waals surface area contributed by atoms with Crippen molar-refractivity contribution in [2.45, 2.75) is 6.92 Å². The number of hydrogen-bond acceptors (Lipinski definition) is 5. The van der Waals surface area contributed by atoms with Crippen LogP contribution in [0.4, 0.5) is 10.1 Å². The standard InChI is InChI=1S/C13H13FN4O2/c1-9-3-4-10(14)5-11(9)16-6-12(13(19)20-2)18-8-15-7-17-18/h3-8,16H,1-2H3/b12-6+. The monoisotopic (exact) mass is 276 g/mol. The van der Waals surface area contributed by atoms with Crippen LogP contribution in [0.3, 0.4) is 0 Å². The summed E-state index contributed by atoms with van der Waals surface area (Å²) in [5, 5.41) is 6.73. The summed E-state index contributed by atoms with van der Waals surface area (Å²) in [6, 6.07) is 4.34. The van der Waals surface area contributed by atoms with Crippen LogP contribution in [-0.4, -0.2) is 27.8 Å². The number of ether oxygens (including phenoxy) is 1. The lowest BCUT2D eigenvalue weighted by Gasteiger charge is -2.08. The van der Waals surface area contributed by atoms with E-state index in [1.54, 1.807) is 6.07 Å². The quantitative estimate of drug-likeness (QED) is 0.681. The van der Waals surface area contributed by atoms with Crippen molar-refractivity contribution in [1.82, 2.24) is 14.8 Å². The third-order valence-electron chi connectivity index (χ3n) is 2.62. The molecule has 20 heavy (non-hydrogen) atoms. The minimum atomic E-state index is -0.586. The molecule has 0 aliphatic heterocycles. The van der Waals surface area contributed by atoms with Gasteiger partial charge in [-0.05, 0) is 24.6 Å². The molecular formula is C13H13FN4O2. The molecule has 7 heteroatoms. The van der Waals surface area contributed by atoms with E-state index in [0.29, 0.717) is 5.69 Å². The van der Waals surface area contributed by atoms with E-state index in [9.17, 15) is 9.18 Å². The van der Waals surface area contributed by atoms with E-state index < -0.39 is 5.97 Å². The topological polar surface area (TPSA) is 69.0 Å². The fourth-order valence-corrected chi connectivity index (χ4v) is 1.55. The van der Waals surface area contributed by atoms with E-state index in [4.69, 9.17) is 0 Å². The second-order valence-corrected chi connectivity index (χ2v) is 3.96. The molecule has 1 aromatic heterocycles. The van der Waals surface area contributed by atoms with Crippen molar-refractivity contribution in [1.29, 1.82) is 0 Å². The molecule has 0 aliphatic carbocycles. The molecule has 0 saturated carbocycles. The van der Waals surface area contributed by atoms with Crippen LogP contribution in [-0.2, 0) is 9.53 Å². The summed E-state index contributed by atoms with van der Waals surface area (Å²) in [5.41, 5.74) is 1.52. The van der Waals surface area contributed by atoms with Crippen molar-refractivity contribution in [3.05, 3.63) is 48.4 Å². The van der Waals surface area contributed by atoms with Gasteiger partial charge in [0.1, 0.15) is 18.5 Å². The highest BCUT2D eigenvalue weighted by atomic mass is 19.1. The molecule has 0 atom stereocenters. The highest BCUT2D eigenvalue weighted by Gasteiger charge is 2.13. The van der Waals surface area contributed by atoms with Gasteiger partial charge >= 0.3 is 5.97 Å². The Bertz CT molecular complexity index is 638. The minimum absolute atomic E-state index is 0.133. The first-order valence-corrected chi connectivity index (χ1v) is 5.78. The molecular weight excluding hydrogens is 263 g/mol. The molecule has 104 valence electrons. The fraction of sp³-hybridized carbons (Fsp3) is 0.154. The van der Waals surface area contributed by atoms with Gasteiger partial charge in [0, 0.05) is 11.9 Å². The second kappa shape index (κ2) is 5.96. The van der Waals surface area contributed by atoms with Gasteiger partial charge < -0.3 is 10.1 Å². The number of carbonyl (C=O) groups excluding carboxylic acids is 1. The number of nitrogens with one attached hydrogen (secondary N) is 1. The molecule has 0 amide bonds. The number of halogens is 1. The minimum Gasteiger partial charge on any atom is -0.464 e. The number of rotatable bonds is 4. The molecule has 6 nitrogen and oxygen atoms in total. The summed E-state index contributed by atoms with van der Waals surface area (Å²) in [6.45, 7) is 1.82. The maximum absolute atomic E-state index is 13.2. The highest BCUT2D eigenvalue weighted by Crippen LogP contribution is 2.17. The van der Waals surface area contributed by atoms with Crippen LogP contribution in [0.1, 0.15) is 5.56 Å². The molecule has 1 aromatic carbocycles. The van der Waals surface area contributed by atoms with Crippen LogP contribution >= 0.6 is 0 Å². The van der Waals surface area contributed by atoms with Crippen molar-refractivity contribution < 1.29 is 13.9 Å². The van der Waals surface area contributed by atoms with Crippen LogP contribution in [0.5, 0.6) is 0 Å². The smallest absolute Gasteiger partial charge is 0.358 e. The molecule has 0 radical (unpaired) electrons. The maximum atomic E-state index is 13.2. The molecule has 1 N–H and O–H groups in total. The number of aromatic nitrogens is 3. The summed E-state index contributed by atoms with van der Waals surface area (Å²) in [6.07, 6.45) is 4.05. The van der Waals surface area contributed by atoms with Crippen molar-refractivity contribution in [3.8, 4) is 0 Å². The zero-order valence-electron chi connectivity index (χ0n) is 11.0. The number of hydrogen-bond donors (Lipinski definition) is 1. The molecule has 0 saturated heterocycles. The summed E-state index contributed by atoms with van der Waals surface area (Å²) in [5.74, 6) is -0.955. The first-order valence-electron chi connectivity index (χ1n) is 5.78. The second-order valence-electron chi connectivity index (χ2n) is 3.96. The number of aryl methyl sites for hydroxylation is 1. The summed E-state index contributed by atoms with van der Waals surface area (Å²) >= 11 is 0. The van der Waals surface area contributed by atoms with Gasteiger partial charge in [0.15, 0.2) is 5.70 Å². The van der Waals surface area contributed by atoms with Gasteiger partial charge in [0.05, 0.1) is 7.11 Å². The average Bonchev–Trinajstić information content (AvgIpc) is 2.96. The van der Waals surface area contributed by atoms with E-state index in [2.05, 4.69) is 20.1 Å². The summed E-state index contributed by atoms with van der Waals surface area (Å²) in [4.78, 5) is 15.5. The normalized spacial score (nSPS) is 11.2. The zero-order chi connectivity index (χ0) is 14.5. The van der Waals surface area contributed by atoms with E-state index >= 15 is 0 Å². The fourth-order valence-electron chi connectivity index (χ4n) is 1.55. The van der Waals surface area contributed by atoms with Crippen LogP contribution in [0.25, 0.3) is 5.70 Å². The van der Waals surface area contributed by atoms with Crippen molar-refractivity contribution in [2.24, 2.45) is 0 Å². The Morgan fingerprint density at radius 3 is 2.95 bits per heavy atom. The van der Waals surface area contributed by atoms with Crippen molar-refractivity contribution in [2.75, 3.05) is 12.4 Å². The number of anilines is 1. The Kier molecular flexibility index (Phi) is 4.09. The number of carbonyl (C=O) groups is 1. The lowest BCUT2D eigenvalue weighted by molar-refractivity contribution is -0.134. The molecule has 0 bridgehead atoms. The lowest BCUT2D eigenvalue weighted by Crippen LogP contribution is -2.12. The number of methoxy groups -OCH3 is 1. The van der Waals surface area contributed by atoms with E-state index in [0.717, 1.165) is 5.56 Å². The van der Waals surface area contributed by atoms with Crippen LogP contribution in [0, 0.1) is 12.7 Å². The van der Waals surface area contributed by atoms with Gasteiger partial charge in [-0.2, -0.15) is 5.10 Å². The first kappa shape index (κ1) is 13.7. The van der Waals surface area contributed by atoms with Gasteiger partial charge in [-0.25, -0.2) is 18.9 Å². The molecule has 2 aromatic rings. The Morgan fingerprint density at radius 2 is 2.30 bits per heavy atom. The number of nitrogens with zero attached hydrogens (tertiary/aromatic N) is 3. The van der Waals surface area contributed by atoms with Crippen LogP contribution in [0.2, 0.25) is 0 Å². The maximum Gasteiger partial charge on any atom is 0.358 e. The Morgan fingerprint density at radius 1 is 1.50 bits per heavy atom. The first-order chi connectivity index (χ1) is 9.61. The predicted molar refractivity (Wildman–Crippen MR) is 71.1 cm³/mol. The molecule has 1 heterocycles. The molecule has 2 rings (SSSR count).